The van der Waals surface area contributed by atoms with Crippen molar-refractivity contribution in [3.63, 3.8) is 0 Å². The molecule has 0 bridgehead atoms. The van der Waals surface area contributed by atoms with Gasteiger partial charge in [0.2, 0.25) is 11.8 Å². The van der Waals surface area contributed by atoms with Crippen LogP contribution in [0.4, 0.5) is 14.5 Å². The number of nitrogens with zero attached hydrogens (tertiary/aromatic N) is 2. The fourth-order valence-electron chi connectivity index (χ4n) is 2.00. The summed E-state index contributed by atoms with van der Waals surface area (Å²) in [5.74, 6) is -4.07. The van der Waals surface area contributed by atoms with Crippen LogP contribution in [0.15, 0.2) is 12.1 Å². The first-order chi connectivity index (χ1) is 8.93. The van der Waals surface area contributed by atoms with Gasteiger partial charge in [0.15, 0.2) is 11.6 Å². The van der Waals surface area contributed by atoms with Crippen molar-refractivity contribution in [2.75, 3.05) is 11.4 Å². The Bertz CT molecular complexity index is 586. The van der Waals surface area contributed by atoms with Crippen molar-refractivity contribution >= 4 is 17.5 Å². The van der Waals surface area contributed by atoms with Crippen LogP contribution in [-0.4, -0.2) is 18.4 Å². The molecule has 19 heavy (non-hydrogen) atoms. The van der Waals surface area contributed by atoms with Crippen molar-refractivity contribution in [3.05, 3.63) is 29.3 Å². The molecule has 2 amide bonds. The molecule has 1 fully saturated rings. The van der Waals surface area contributed by atoms with Crippen molar-refractivity contribution < 1.29 is 18.4 Å². The van der Waals surface area contributed by atoms with Crippen LogP contribution in [0.5, 0.6) is 0 Å². The van der Waals surface area contributed by atoms with E-state index in [1.54, 1.807) is 6.07 Å². The van der Waals surface area contributed by atoms with E-state index in [0.29, 0.717) is 0 Å². The zero-order valence-electron chi connectivity index (χ0n) is 9.69. The molecule has 1 aromatic rings. The number of amides is 2. The number of anilines is 1. The summed E-state index contributed by atoms with van der Waals surface area (Å²) < 4.78 is 27.5. The number of hydrogen-bond acceptors (Lipinski definition) is 3. The van der Waals surface area contributed by atoms with Crippen LogP contribution < -0.4 is 10.6 Å². The van der Waals surface area contributed by atoms with Gasteiger partial charge in [-0.25, -0.2) is 8.78 Å². The summed E-state index contributed by atoms with van der Waals surface area (Å²) in [6.07, 6.45) is -0.172. The molecule has 0 radical (unpaired) electrons. The Hall–Kier alpha value is -2.49. The molecule has 2 N–H and O–H groups in total. The molecule has 0 aromatic heterocycles. The van der Waals surface area contributed by atoms with Gasteiger partial charge >= 0.3 is 0 Å². The van der Waals surface area contributed by atoms with Gasteiger partial charge in [0.05, 0.1) is 17.6 Å². The largest absolute Gasteiger partial charge is 0.369 e. The molecule has 0 aliphatic carbocycles. The van der Waals surface area contributed by atoms with Gasteiger partial charge in [0.25, 0.3) is 0 Å². The minimum absolute atomic E-state index is 0.159. The second kappa shape index (κ2) is 4.65. The van der Waals surface area contributed by atoms with E-state index in [-0.39, 0.29) is 18.5 Å². The first kappa shape index (κ1) is 13.0. The van der Waals surface area contributed by atoms with Gasteiger partial charge in [-0.15, -0.1) is 0 Å². The molecule has 0 saturated carbocycles. The summed E-state index contributed by atoms with van der Waals surface area (Å²) in [7, 11) is 0. The standard InChI is InChI=1S/C12H9F2N3O2/c13-8-1-6(4-15)2-9(14)11(8)17-5-7(12(16)19)3-10(17)18/h1-2,7H,3,5H2,(H2,16,19). The van der Waals surface area contributed by atoms with Crippen LogP contribution in [0, 0.1) is 28.9 Å². The van der Waals surface area contributed by atoms with Crippen LogP contribution in [0.3, 0.4) is 0 Å². The highest BCUT2D eigenvalue weighted by Gasteiger charge is 2.36. The lowest BCUT2D eigenvalue weighted by Gasteiger charge is -2.17. The third kappa shape index (κ3) is 2.25. The Labute approximate surface area is 107 Å². The predicted octanol–water partition coefficient (Wildman–Crippen LogP) is 0.675. The van der Waals surface area contributed by atoms with E-state index in [1.807, 2.05) is 0 Å². The molecule has 1 unspecified atom stereocenters. The minimum atomic E-state index is -1.02. The highest BCUT2D eigenvalue weighted by molar-refractivity contribution is 6.00. The number of hydrogen-bond donors (Lipinski definition) is 1. The van der Waals surface area contributed by atoms with Crippen LogP contribution in [0.1, 0.15) is 12.0 Å². The summed E-state index contributed by atoms with van der Waals surface area (Å²) in [6, 6.07) is 3.28. The monoisotopic (exact) mass is 265 g/mol. The molecule has 2 rings (SSSR count). The third-order valence-electron chi connectivity index (χ3n) is 2.94. The number of nitrogens with two attached hydrogens (primary N) is 1. The normalized spacial score (nSPS) is 18.5. The zero-order chi connectivity index (χ0) is 14.2. The van der Waals surface area contributed by atoms with Crippen molar-refractivity contribution in [2.45, 2.75) is 6.42 Å². The summed E-state index contributed by atoms with van der Waals surface area (Å²) >= 11 is 0. The maximum atomic E-state index is 13.8. The van der Waals surface area contributed by atoms with Gasteiger partial charge in [-0.05, 0) is 12.1 Å². The fourth-order valence-corrected chi connectivity index (χ4v) is 2.00. The van der Waals surface area contributed by atoms with Gasteiger partial charge in [-0.3, -0.25) is 9.59 Å². The van der Waals surface area contributed by atoms with Crippen molar-refractivity contribution in [1.82, 2.24) is 0 Å². The highest BCUT2D eigenvalue weighted by Crippen LogP contribution is 2.30. The second-order valence-electron chi connectivity index (χ2n) is 4.21. The van der Waals surface area contributed by atoms with Gasteiger partial charge < -0.3 is 10.6 Å². The molecule has 1 aliphatic heterocycles. The average Bonchev–Trinajstić information content (AvgIpc) is 2.71. The predicted molar refractivity (Wildman–Crippen MR) is 60.7 cm³/mol. The molecule has 1 aromatic carbocycles. The van der Waals surface area contributed by atoms with Crippen molar-refractivity contribution in [1.29, 1.82) is 5.26 Å². The van der Waals surface area contributed by atoms with Crippen LogP contribution in [0.25, 0.3) is 0 Å². The third-order valence-corrected chi connectivity index (χ3v) is 2.94. The second-order valence-corrected chi connectivity index (χ2v) is 4.21. The zero-order valence-corrected chi connectivity index (χ0v) is 9.69. The number of halogens is 2. The maximum absolute atomic E-state index is 13.8. The first-order valence-electron chi connectivity index (χ1n) is 5.43. The molecule has 1 atom stereocenters. The van der Waals surface area contributed by atoms with Gasteiger partial charge in [-0.1, -0.05) is 0 Å². The Morgan fingerprint density at radius 3 is 2.42 bits per heavy atom. The molecular weight excluding hydrogens is 256 g/mol. The number of primary amides is 1. The lowest BCUT2D eigenvalue weighted by molar-refractivity contribution is -0.123. The molecule has 1 aliphatic rings. The molecule has 0 spiro atoms. The molecular formula is C12H9F2N3O2. The fraction of sp³-hybridized carbons (Fsp3) is 0.250. The smallest absolute Gasteiger partial charge is 0.228 e. The topological polar surface area (TPSA) is 87.2 Å². The SMILES string of the molecule is N#Cc1cc(F)c(N2CC(C(N)=O)CC2=O)c(F)c1. The summed E-state index contributed by atoms with van der Waals surface area (Å²) in [4.78, 5) is 23.5. The van der Waals surface area contributed by atoms with Gasteiger partial charge in [-0.2, -0.15) is 5.26 Å². The molecule has 7 heteroatoms. The quantitative estimate of drug-likeness (QED) is 0.852. The van der Waals surface area contributed by atoms with E-state index in [0.717, 1.165) is 17.0 Å². The van der Waals surface area contributed by atoms with Crippen molar-refractivity contribution in [3.8, 4) is 6.07 Å². The van der Waals surface area contributed by atoms with Crippen LogP contribution in [0.2, 0.25) is 0 Å². The van der Waals surface area contributed by atoms with E-state index >= 15 is 0 Å². The van der Waals surface area contributed by atoms with E-state index in [2.05, 4.69) is 0 Å². The summed E-state index contributed by atoms with van der Waals surface area (Å²) in [5.41, 5.74) is 4.34. The lowest BCUT2D eigenvalue weighted by atomic mass is 10.1. The Morgan fingerprint density at radius 2 is 2.00 bits per heavy atom. The maximum Gasteiger partial charge on any atom is 0.228 e. The molecule has 98 valence electrons. The number of carbonyl (C=O) groups is 2. The number of rotatable bonds is 2. The van der Waals surface area contributed by atoms with E-state index in [4.69, 9.17) is 11.0 Å². The number of carbonyl (C=O) groups excluding carboxylic acids is 2. The van der Waals surface area contributed by atoms with Crippen LogP contribution in [-0.2, 0) is 9.59 Å². The minimum Gasteiger partial charge on any atom is -0.369 e. The van der Waals surface area contributed by atoms with Gasteiger partial charge in [0.1, 0.15) is 5.69 Å². The van der Waals surface area contributed by atoms with E-state index in [1.165, 1.54) is 0 Å². The Morgan fingerprint density at radius 1 is 1.42 bits per heavy atom. The average molecular weight is 265 g/mol. The Kier molecular flexibility index (Phi) is 3.17. The van der Waals surface area contributed by atoms with E-state index < -0.39 is 35.1 Å². The number of benzene rings is 1. The molecule has 1 saturated heterocycles. The highest BCUT2D eigenvalue weighted by atomic mass is 19.1. The molecule has 1 heterocycles. The van der Waals surface area contributed by atoms with Crippen molar-refractivity contribution in [2.24, 2.45) is 11.7 Å². The summed E-state index contributed by atoms with van der Waals surface area (Å²) in [6.45, 7) is -0.159. The number of nitriles is 1. The first-order valence-corrected chi connectivity index (χ1v) is 5.43. The molecule has 5 nitrogen and oxygen atoms in total. The summed E-state index contributed by atoms with van der Waals surface area (Å²) in [5, 5.41) is 8.58. The van der Waals surface area contributed by atoms with Gasteiger partial charge in [0, 0.05) is 13.0 Å². The Balaban J connectivity index is 2.41. The van der Waals surface area contributed by atoms with E-state index in [9.17, 15) is 18.4 Å². The van der Waals surface area contributed by atoms with Crippen LogP contribution >= 0.6 is 0 Å². The lowest BCUT2D eigenvalue weighted by Crippen LogP contribution is -2.29.